The van der Waals surface area contributed by atoms with Gasteiger partial charge in [0.05, 0.1) is 0 Å². The summed E-state index contributed by atoms with van der Waals surface area (Å²) in [4.78, 5) is 0. The SMILES string of the molecule is C=C(C)[PH+]=O. The molecule has 1 nitrogen and oxygen atoms in total. The van der Waals surface area contributed by atoms with E-state index in [0.29, 0.717) is 0 Å². The number of hydrogen-bond donors (Lipinski definition) is 0. The van der Waals surface area contributed by atoms with Crippen LogP contribution in [0.1, 0.15) is 6.92 Å². The molecule has 0 heterocycles. The van der Waals surface area contributed by atoms with Crippen LogP contribution in [0.15, 0.2) is 11.9 Å². The van der Waals surface area contributed by atoms with Crippen LogP contribution in [0.3, 0.4) is 0 Å². The molecular weight excluding hydrogens is 83.0 g/mol. The Morgan fingerprint density at radius 1 is 2.00 bits per heavy atom. The van der Waals surface area contributed by atoms with Crippen molar-refractivity contribution in [2.45, 2.75) is 6.92 Å². The fourth-order valence-electron chi connectivity index (χ4n) is 0. The average molecular weight is 89.1 g/mol. The molecule has 0 aliphatic rings. The van der Waals surface area contributed by atoms with Crippen molar-refractivity contribution in [2.24, 2.45) is 0 Å². The molecule has 0 fully saturated rings. The second-order valence-corrected chi connectivity index (χ2v) is 1.94. The number of hydrogen-bond acceptors (Lipinski definition) is 1. The van der Waals surface area contributed by atoms with Crippen LogP contribution in [0.4, 0.5) is 0 Å². The van der Waals surface area contributed by atoms with Crippen molar-refractivity contribution in [2.75, 3.05) is 0 Å². The van der Waals surface area contributed by atoms with E-state index in [0.717, 1.165) is 5.31 Å². The third kappa shape index (κ3) is 3.84. The molecule has 2 heteroatoms. The molecule has 0 amide bonds. The van der Waals surface area contributed by atoms with Crippen LogP contribution in [0.25, 0.3) is 0 Å². The number of rotatable bonds is 1. The molecule has 5 heavy (non-hydrogen) atoms. The summed E-state index contributed by atoms with van der Waals surface area (Å²) in [6.45, 7) is 5.10. The zero-order valence-electron chi connectivity index (χ0n) is 3.12. The van der Waals surface area contributed by atoms with E-state index in [1.165, 1.54) is 0 Å². The maximum absolute atomic E-state index is 9.56. The summed E-state index contributed by atoms with van der Waals surface area (Å²) in [6.07, 6.45) is 0. The lowest BCUT2D eigenvalue weighted by atomic mass is 10.8. The van der Waals surface area contributed by atoms with Gasteiger partial charge in [-0.05, 0) is 0 Å². The maximum atomic E-state index is 9.56. The Morgan fingerprint density at radius 2 is 2.20 bits per heavy atom. The normalized spacial score (nSPS) is 8.20. The fraction of sp³-hybridized carbons (Fsp3) is 0.333. The molecule has 0 aliphatic carbocycles. The smallest absolute Gasteiger partial charge is 0.0711 e. The van der Waals surface area contributed by atoms with Gasteiger partial charge in [0.25, 0.3) is 0 Å². The van der Waals surface area contributed by atoms with E-state index in [2.05, 4.69) is 6.58 Å². The summed E-state index contributed by atoms with van der Waals surface area (Å²) in [7, 11) is -0.330. The monoisotopic (exact) mass is 89.0 g/mol. The van der Waals surface area contributed by atoms with Crippen LogP contribution in [-0.4, -0.2) is 0 Å². The lowest BCUT2D eigenvalue weighted by Gasteiger charge is -1.51. The van der Waals surface area contributed by atoms with Gasteiger partial charge in [-0.2, -0.15) is 0 Å². The first-order valence-electron chi connectivity index (χ1n) is 1.31. The van der Waals surface area contributed by atoms with Gasteiger partial charge < -0.3 is 0 Å². The van der Waals surface area contributed by atoms with Gasteiger partial charge in [-0.1, -0.05) is 11.1 Å². The molecule has 0 rings (SSSR count). The number of allylic oxidation sites excluding steroid dienone is 1. The molecule has 28 valence electrons. The van der Waals surface area contributed by atoms with Crippen LogP contribution in [0.5, 0.6) is 0 Å². The summed E-state index contributed by atoms with van der Waals surface area (Å²) < 4.78 is 9.56. The van der Waals surface area contributed by atoms with Crippen LogP contribution < -0.4 is 0 Å². The van der Waals surface area contributed by atoms with Crippen molar-refractivity contribution in [1.29, 1.82) is 0 Å². The van der Waals surface area contributed by atoms with Crippen LogP contribution in [0.2, 0.25) is 0 Å². The Morgan fingerprint density at radius 3 is 2.20 bits per heavy atom. The molecule has 0 saturated carbocycles. The zero-order valence-corrected chi connectivity index (χ0v) is 4.12. The Labute approximate surface area is 32.9 Å². The Balaban J connectivity index is 3.20. The summed E-state index contributed by atoms with van der Waals surface area (Å²) in [6, 6.07) is 0. The molecule has 1 atom stereocenters. The van der Waals surface area contributed by atoms with E-state index in [9.17, 15) is 4.57 Å². The van der Waals surface area contributed by atoms with E-state index in [1.807, 2.05) is 0 Å². The molecule has 0 radical (unpaired) electrons. The first-order valence-corrected chi connectivity index (χ1v) is 2.22. The van der Waals surface area contributed by atoms with Gasteiger partial charge in [0.2, 0.25) is 0 Å². The lowest BCUT2D eigenvalue weighted by Crippen LogP contribution is -1.37. The van der Waals surface area contributed by atoms with Crippen molar-refractivity contribution >= 4 is 8.46 Å². The minimum Gasteiger partial charge on any atom is -0.0711 e. The fourth-order valence-corrected chi connectivity index (χ4v) is 0. The first kappa shape index (κ1) is 4.84. The van der Waals surface area contributed by atoms with Crippen LogP contribution in [-0.2, 0) is 4.57 Å². The van der Waals surface area contributed by atoms with Gasteiger partial charge in [0.15, 0.2) is 5.31 Å². The van der Waals surface area contributed by atoms with Crippen molar-refractivity contribution in [3.05, 3.63) is 11.9 Å². The predicted octanol–water partition coefficient (Wildman–Crippen LogP) is 1.54. The third-order valence-electron chi connectivity index (χ3n) is 0.174. The highest BCUT2D eigenvalue weighted by Gasteiger charge is 1.82. The van der Waals surface area contributed by atoms with Crippen LogP contribution in [0, 0.1) is 0 Å². The zero-order chi connectivity index (χ0) is 4.28. The van der Waals surface area contributed by atoms with Gasteiger partial charge in [-0.3, -0.25) is 0 Å². The highest BCUT2D eigenvalue weighted by Crippen LogP contribution is 2.03. The highest BCUT2D eigenvalue weighted by molar-refractivity contribution is 7.29. The van der Waals surface area contributed by atoms with E-state index < -0.39 is 0 Å². The first-order chi connectivity index (χ1) is 2.27. The van der Waals surface area contributed by atoms with Crippen molar-refractivity contribution in [3.63, 3.8) is 0 Å². The van der Waals surface area contributed by atoms with Crippen molar-refractivity contribution < 1.29 is 4.57 Å². The van der Waals surface area contributed by atoms with Gasteiger partial charge in [0.1, 0.15) is 0 Å². The topological polar surface area (TPSA) is 17.1 Å². The summed E-state index contributed by atoms with van der Waals surface area (Å²) in [5, 5.41) is 0.727. The Hall–Kier alpha value is -0.160. The highest BCUT2D eigenvalue weighted by atomic mass is 31.1. The maximum Gasteiger partial charge on any atom is 0.357 e. The Bertz CT molecular complexity index is 57.9. The molecule has 0 N–H and O–H groups in total. The average Bonchev–Trinajstić information content (AvgIpc) is 1.38. The van der Waals surface area contributed by atoms with E-state index in [4.69, 9.17) is 0 Å². The predicted molar refractivity (Wildman–Crippen MR) is 23.8 cm³/mol. The third-order valence-corrected chi connectivity index (χ3v) is 0.523. The molecule has 0 aliphatic heterocycles. The summed E-state index contributed by atoms with van der Waals surface area (Å²) in [5.41, 5.74) is 0. The molecule has 0 aromatic carbocycles. The quantitative estimate of drug-likeness (QED) is 0.445. The van der Waals surface area contributed by atoms with Crippen LogP contribution >= 0.6 is 8.46 Å². The second-order valence-electron chi connectivity index (χ2n) is 0.882. The summed E-state index contributed by atoms with van der Waals surface area (Å²) >= 11 is 0. The minimum atomic E-state index is -0.330. The molecule has 0 aromatic heterocycles. The molecule has 1 unspecified atom stereocenters. The standard InChI is InChI=1S/C3H5OP/c1-3(2)5-4/h1H2,2H3/p+1. The van der Waals surface area contributed by atoms with Gasteiger partial charge in [0, 0.05) is 6.92 Å². The van der Waals surface area contributed by atoms with E-state index in [-0.39, 0.29) is 8.46 Å². The minimum absolute atomic E-state index is 0.330. The van der Waals surface area contributed by atoms with E-state index >= 15 is 0 Å². The molecule has 0 bridgehead atoms. The van der Waals surface area contributed by atoms with Gasteiger partial charge in [-0.15, -0.1) is 0 Å². The van der Waals surface area contributed by atoms with Gasteiger partial charge in [-0.25, -0.2) is 0 Å². The van der Waals surface area contributed by atoms with Crippen molar-refractivity contribution in [1.82, 2.24) is 0 Å². The molecule has 0 saturated heterocycles. The largest absolute Gasteiger partial charge is 0.357 e. The van der Waals surface area contributed by atoms with Gasteiger partial charge >= 0.3 is 8.46 Å². The van der Waals surface area contributed by atoms with E-state index in [1.54, 1.807) is 6.92 Å². The Kier molecular flexibility index (Phi) is 2.03. The molecule has 0 aromatic rings. The molecule has 0 spiro atoms. The lowest BCUT2D eigenvalue weighted by molar-refractivity contribution is 0.601. The van der Waals surface area contributed by atoms with Crippen molar-refractivity contribution in [3.8, 4) is 0 Å². The summed E-state index contributed by atoms with van der Waals surface area (Å²) in [5.74, 6) is 0. The second kappa shape index (κ2) is 2.10. The molecular formula is C3H6OP+.